The van der Waals surface area contributed by atoms with E-state index in [0.29, 0.717) is 5.92 Å². The van der Waals surface area contributed by atoms with E-state index >= 15 is 0 Å². The highest BCUT2D eigenvalue weighted by Gasteiger charge is 2.18. The molecule has 1 fully saturated rings. The fourth-order valence-corrected chi connectivity index (χ4v) is 2.10. The largest absolute Gasteiger partial charge is 0.336 e. The van der Waals surface area contributed by atoms with Gasteiger partial charge in [-0.15, -0.1) is 0 Å². The molecular weight excluding hydrogens is 212 g/mol. The summed E-state index contributed by atoms with van der Waals surface area (Å²) in [5.41, 5.74) is 2.68. The van der Waals surface area contributed by atoms with Gasteiger partial charge in [0.05, 0.1) is 0 Å². The van der Waals surface area contributed by atoms with Crippen molar-refractivity contribution < 1.29 is 4.79 Å². The molecule has 0 radical (unpaired) electrons. The van der Waals surface area contributed by atoms with E-state index in [1.54, 1.807) is 0 Å². The van der Waals surface area contributed by atoms with Gasteiger partial charge in [-0.25, -0.2) is 4.79 Å². The van der Waals surface area contributed by atoms with Crippen LogP contribution in [0.2, 0.25) is 0 Å². The Hall–Kier alpha value is -1.51. The van der Waals surface area contributed by atoms with E-state index in [-0.39, 0.29) is 6.03 Å². The van der Waals surface area contributed by atoms with E-state index in [2.05, 4.69) is 43.4 Å². The summed E-state index contributed by atoms with van der Waals surface area (Å²) >= 11 is 0. The summed E-state index contributed by atoms with van der Waals surface area (Å²) in [6.45, 7) is 6.83. The molecule has 0 saturated carbocycles. The van der Waals surface area contributed by atoms with E-state index in [1.807, 2.05) is 4.90 Å². The minimum absolute atomic E-state index is 0.0741. The lowest BCUT2D eigenvalue weighted by Crippen LogP contribution is -2.29. The van der Waals surface area contributed by atoms with Gasteiger partial charge in [0.2, 0.25) is 0 Å². The SMILES string of the molecule is CC(C)c1cccc(CCN2CCNC2=O)c1. The summed E-state index contributed by atoms with van der Waals surface area (Å²) in [6.07, 6.45) is 0.938. The van der Waals surface area contributed by atoms with Crippen LogP contribution in [0.3, 0.4) is 0 Å². The Bertz CT molecular complexity index is 401. The van der Waals surface area contributed by atoms with Gasteiger partial charge in [-0.2, -0.15) is 0 Å². The van der Waals surface area contributed by atoms with E-state index in [1.165, 1.54) is 11.1 Å². The Labute approximate surface area is 103 Å². The minimum atomic E-state index is 0.0741. The highest BCUT2D eigenvalue weighted by Crippen LogP contribution is 2.16. The molecule has 3 heteroatoms. The second-order valence-electron chi connectivity index (χ2n) is 4.87. The van der Waals surface area contributed by atoms with E-state index in [9.17, 15) is 4.79 Å². The van der Waals surface area contributed by atoms with Crippen LogP contribution in [-0.2, 0) is 6.42 Å². The van der Waals surface area contributed by atoms with Crippen molar-refractivity contribution in [3.8, 4) is 0 Å². The van der Waals surface area contributed by atoms with E-state index in [4.69, 9.17) is 0 Å². The van der Waals surface area contributed by atoms with Crippen molar-refractivity contribution in [2.75, 3.05) is 19.6 Å². The molecule has 3 nitrogen and oxygen atoms in total. The molecule has 2 rings (SSSR count). The van der Waals surface area contributed by atoms with Crippen molar-refractivity contribution in [2.45, 2.75) is 26.2 Å². The summed E-state index contributed by atoms with van der Waals surface area (Å²) < 4.78 is 0. The molecule has 0 aromatic heterocycles. The number of rotatable bonds is 4. The summed E-state index contributed by atoms with van der Waals surface area (Å²) in [6, 6.07) is 8.73. The predicted octanol–water partition coefficient (Wildman–Crippen LogP) is 2.38. The fraction of sp³-hybridized carbons (Fsp3) is 0.500. The number of urea groups is 1. The lowest BCUT2D eigenvalue weighted by Gasteiger charge is -2.14. The first-order valence-electron chi connectivity index (χ1n) is 6.28. The number of carbonyl (C=O) groups excluding carboxylic acids is 1. The number of nitrogens with one attached hydrogen (secondary N) is 1. The van der Waals surface area contributed by atoms with E-state index < -0.39 is 0 Å². The number of hydrogen-bond acceptors (Lipinski definition) is 1. The highest BCUT2D eigenvalue weighted by molar-refractivity contribution is 5.76. The van der Waals surface area contributed by atoms with Gasteiger partial charge in [-0.05, 0) is 23.5 Å². The van der Waals surface area contributed by atoms with Gasteiger partial charge in [0, 0.05) is 19.6 Å². The van der Waals surface area contributed by atoms with Crippen LogP contribution in [0.5, 0.6) is 0 Å². The predicted molar refractivity (Wildman–Crippen MR) is 69.2 cm³/mol. The second kappa shape index (κ2) is 5.21. The molecule has 1 aromatic carbocycles. The maximum Gasteiger partial charge on any atom is 0.317 e. The van der Waals surface area contributed by atoms with Crippen LogP contribution in [-0.4, -0.2) is 30.6 Å². The van der Waals surface area contributed by atoms with Crippen molar-refractivity contribution in [3.63, 3.8) is 0 Å². The maximum atomic E-state index is 11.4. The van der Waals surface area contributed by atoms with Crippen molar-refractivity contribution in [1.82, 2.24) is 10.2 Å². The van der Waals surface area contributed by atoms with Crippen LogP contribution < -0.4 is 5.32 Å². The molecule has 0 atom stereocenters. The fourth-order valence-electron chi connectivity index (χ4n) is 2.10. The third-order valence-electron chi connectivity index (χ3n) is 3.23. The van der Waals surface area contributed by atoms with Crippen LogP contribution in [0, 0.1) is 0 Å². The van der Waals surface area contributed by atoms with Crippen molar-refractivity contribution in [3.05, 3.63) is 35.4 Å². The topological polar surface area (TPSA) is 32.3 Å². The standard InChI is InChI=1S/C14H20N2O/c1-11(2)13-5-3-4-12(10-13)6-8-16-9-7-15-14(16)17/h3-5,10-11H,6-9H2,1-2H3,(H,15,17). The van der Waals surface area contributed by atoms with Gasteiger partial charge < -0.3 is 10.2 Å². The van der Waals surface area contributed by atoms with Crippen LogP contribution in [0.1, 0.15) is 30.9 Å². The lowest BCUT2D eigenvalue weighted by atomic mass is 10.00. The Morgan fingerprint density at radius 3 is 2.88 bits per heavy atom. The molecule has 1 aliphatic heterocycles. The zero-order valence-corrected chi connectivity index (χ0v) is 10.6. The van der Waals surface area contributed by atoms with E-state index in [0.717, 1.165) is 26.1 Å². The molecule has 0 spiro atoms. The van der Waals surface area contributed by atoms with Crippen LogP contribution in [0.4, 0.5) is 4.79 Å². The first-order chi connectivity index (χ1) is 8.16. The lowest BCUT2D eigenvalue weighted by molar-refractivity contribution is 0.218. The Morgan fingerprint density at radius 2 is 2.24 bits per heavy atom. The zero-order chi connectivity index (χ0) is 12.3. The van der Waals surface area contributed by atoms with Crippen molar-refractivity contribution in [1.29, 1.82) is 0 Å². The van der Waals surface area contributed by atoms with Gasteiger partial charge in [-0.3, -0.25) is 0 Å². The Kier molecular flexibility index (Phi) is 3.67. The summed E-state index contributed by atoms with van der Waals surface area (Å²) in [7, 11) is 0. The first-order valence-corrected chi connectivity index (χ1v) is 6.28. The molecule has 1 heterocycles. The number of carbonyl (C=O) groups is 1. The summed E-state index contributed by atoms with van der Waals surface area (Å²) in [4.78, 5) is 13.3. The van der Waals surface area contributed by atoms with Crippen molar-refractivity contribution in [2.24, 2.45) is 0 Å². The van der Waals surface area contributed by atoms with Gasteiger partial charge in [0.15, 0.2) is 0 Å². The third kappa shape index (κ3) is 2.99. The van der Waals surface area contributed by atoms with Gasteiger partial charge in [0.1, 0.15) is 0 Å². The molecule has 1 saturated heterocycles. The van der Waals surface area contributed by atoms with Crippen LogP contribution >= 0.6 is 0 Å². The first kappa shape index (κ1) is 12.0. The van der Waals surface area contributed by atoms with Crippen LogP contribution in [0.15, 0.2) is 24.3 Å². The molecule has 1 aliphatic rings. The quantitative estimate of drug-likeness (QED) is 0.849. The minimum Gasteiger partial charge on any atom is -0.336 e. The molecular formula is C14H20N2O. The number of amides is 2. The van der Waals surface area contributed by atoms with Crippen molar-refractivity contribution >= 4 is 6.03 Å². The molecule has 17 heavy (non-hydrogen) atoms. The highest BCUT2D eigenvalue weighted by atomic mass is 16.2. The second-order valence-corrected chi connectivity index (χ2v) is 4.87. The smallest absolute Gasteiger partial charge is 0.317 e. The molecule has 1 N–H and O–H groups in total. The average molecular weight is 232 g/mol. The van der Waals surface area contributed by atoms with Gasteiger partial charge in [0.25, 0.3) is 0 Å². The Morgan fingerprint density at radius 1 is 1.41 bits per heavy atom. The molecule has 0 bridgehead atoms. The number of hydrogen-bond donors (Lipinski definition) is 1. The molecule has 0 aliphatic carbocycles. The number of benzene rings is 1. The Balaban J connectivity index is 1.94. The molecule has 1 aromatic rings. The number of nitrogens with zero attached hydrogens (tertiary/aromatic N) is 1. The monoisotopic (exact) mass is 232 g/mol. The molecule has 92 valence electrons. The van der Waals surface area contributed by atoms with Crippen LogP contribution in [0.25, 0.3) is 0 Å². The summed E-state index contributed by atoms with van der Waals surface area (Å²) in [5.74, 6) is 0.560. The third-order valence-corrected chi connectivity index (χ3v) is 3.23. The maximum absolute atomic E-state index is 11.4. The molecule has 0 unspecified atom stereocenters. The average Bonchev–Trinajstić information content (AvgIpc) is 2.72. The normalized spacial score (nSPS) is 15.5. The summed E-state index contributed by atoms with van der Waals surface area (Å²) in [5, 5.41) is 2.82. The molecule has 2 amide bonds. The van der Waals surface area contributed by atoms with Gasteiger partial charge >= 0.3 is 6.03 Å². The zero-order valence-electron chi connectivity index (χ0n) is 10.6. The van der Waals surface area contributed by atoms with Gasteiger partial charge in [-0.1, -0.05) is 38.1 Å².